The number of sulfonamides is 1. The average Bonchev–Trinajstić information content (AvgIpc) is 2.75. The molecule has 1 saturated heterocycles. The lowest BCUT2D eigenvalue weighted by Crippen LogP contribution is -2.53. The van der Waals surface area contributed by atoms with Crippen molar-refractivity contribution >= 4 is 32.0 Å². The lowest BCUT2D eigenvalue weighted by molar-refractivity contribution is 0.171. The molecule has 0 saturated carbocycles. The zero-order valence-electron chi connectivity index (χ0n) is 16.4. The average molecular weight is 480 g/mol. The van der Waals surface area contributed by atoms with Crippen LogP contribution in [0.2, 0.25) is 0 Å². The van der Waals surface area contributed by atoms with Crippen LogP contribution in [-0.4, -0.2) is 56.4 Å². The fraction of sp³-hybridized carbons (Fsp3) is 0.381. The first-order chi connectivity index (χ1) is 13.9. The van der Waals surface area contributed by atoms with Crippen molar-refractivity contribution in [3.63, 3.8) is 0 Å². The van der Waals surface area contributed by atoms with Crippen LogP contribution in [0.3, 0.4) is 0 Å². The number of carbonyl (C=O) groups is 1. The van der Waals surface area contributed by atoms with E-state index in [9.17, 15) is 13.2 Å². The second-order valence-corrected chi connectivity index (χ2v) is 9.90. The van der Waals surface area contributed by atoms with Crippen molar-refractivity contribution in [3.05, 3.63) is 64.6 Å². The van der Waals surface area contributed by atoms with Gasteiger partial charge in [-0.25, -0.2) is 13.2 Å². The van der Waals surface area contributed by atoms with Crippen molar-refractivity contribution in [1.82, 2.24) is 14.5 Å². The summed E-state index contributed by atoms with van der Waals surface area (Å²) in [4.78, 5) is 14.5. The molecule has 156 valence electrons. The molecule has 0 radical (unpaired) electrons. The highest BCUT2D eigenvalue weighted by molar-refractivity contribution is 9.10. The number of hydrogen-bond acceptors (Lipinski definition) is 3. The third-order valence-corrected chi connectivity index (χ3v) is 7.68. The Hall–Kier alpha value is -1.90. The van der Waals surface area contributed by atoms with Crippen molar-refractivity contribution in [3.8, 4) is 0 Å². The van der Waals surface area contributed by atoms with Gasteiger partial charge in [-0.05, 0) is 36.2 Å². The first-order valence-electron chi connectivity index (χ1n) is 9.75. The number of urea groups is 1. The van der Waals surface area contributed by atoms with E-state index in [1.54, 1.807) is 29.2 Å². The maximum atomic E-state index is 12.8. The van der Waals surface area contributed by atoms with Crippen LogP contribution in [0.5, 0.6) is 0 Å². The van der Waals surface area contributed by atoms with E-state index < -0.39 is 10.0 Å². The lowest BCUT2D eigenvalue weighted by Gasteiger charge is -2.34. The van der Waals surface area contributed by atoms with E-state index >= 15 is 0 Å². The van der Waals surface area contributed by atoms with Gasteiger partial charge >= 0.3 is 6.03 Å². The van der Waals surface area contributed by atoms with E-state index in [4.69, 9.17) is 0 Å². The van der Waals surface area contributed by atoms with E-state index in [0.717, 1.165) is 10.9 Å². The van der Waals surface area contributed by atoms with Gasteiger partial charge in [0.25, 0.3) is 0 Å². The molecule has 1 aliphatic heterocycles. The van der Waals surface area contributed by atoms with Gasteiger partial charge in [-0.2, -0.15) is 4.31 Å². The van der Waals surface area contributed by atoms with Gasteiger partial charge in [0.1, 0.15) is 0 Å². The predicted molar refractivity (Wildman–Crippen MR) is 117 cm³/mol. The number of amides is 2. The zero-order chi connectivity index (χ0) is 20.9. The monoisotopic (exact) mass is 479 g/mol. The van der Waals surface area contributed by atoms with Crippen molar-refractivity contribution in [1.29, 1.82) is 0 Å². The number of nitrogens with zero attached hydrogens (tertiary/aromatic N) is 2. The van der Waals surface area contributed by atoms with Gasteiger partial charge in [0.05, 0.1) is 4.90 Å². The fourth-order valence-electron chi connectivity index (χ4n) is 3.43. The first-order valence-corrected chi connectivity index (χ1v) is 12.0. The normalized spacial score (nSPS) is 16.4. The molecule has 0 aliphatic carbocycles. The van der Waals surface area contributed by atoms with E-state index in [-0.39, 0.29) is 16.8 Å². The maximum absolute atomic E-state index is 12.8. The minimum Gasteiger partial charge on any atom is -0.337 e. The standard InChI is InChI=1S/C21H26BrN3O3S/c1-2-17(18-6-4-3-5-7-18)16-23-21(26)24-12-14-25(15-13-24)29(27,28)20-10-8-19(22)9-11-20/h3-11,17H,2,12-16H2,1H3,(H,23,26)/t17-/m1/s1. The van der Waals surface area contributed by atoms with Gasteiger partial charge in [-0.1, -0.05) is 53.2 Å². The van der Waals surface area contributed by atoms with Crippen LogP contribution in [0.1, 0.15) is 24.8 Å². The fourth-order valence-corrected chi connectivity index (χ4v) is 5.12. The summed E-state index contributed by atoms with van der Waals surface area (Å²) in [7, 11) is -3.54. The Labute approximate surface area is 181 Å². The molecular weight excluding hydrogens is 454 g/mol. The van der Waals surface area contributed by atoms with Crippen molar-refractivity contribution < 1.29 is 13.2 Å². The topological polar surface area (TPSA) is 69.7 Å². The quantitative estimate of drug-likeness (QED) is 0.686. The minimum absolute atomic E-state index is 0.139. The summed E-state index contributed by atoms with van der Waals surface area (Å²) in [5.74, 6) is 0.263. The number of carbonyl (C=O) groups excluding carboxylic acids is 1. The summed E-state index contributed by atoms with van der Waals surface area (Å²) in [5.41, 5.74) is 1.21. The number of nitrogens with one attached hydrogen (secondary N) is 1. The summed E-state index contributed by atoms with van der Waals surface area (Å²) >= 11 is 3.32. The Bertz CT molecular complexity index is 912. The van der Waals surface area contributed by atoms with Gasteiger partial charge in [-0.3, -0.25) is 0 Å². The second-order valence-electron chi connectivity index (χ2n) is 7.05. The van der Waals surface area contributed by atoms with Crippen LogP contribution in [0, 0.1) is 0 Å². The van der Waals surface area contributed by atoms with Crippen LogP contribution in [0.4, 0.5) is 4.79 Å². The molecule has 2 aromatic rings. The summed E-state index contributed by atoms with van der Waals surface area (Å²) < 4.78 is 27.8. The van der Waals surface area contributed by atoms with Crippen molar-refractivity contribution in [2.24, 2.45) is 0 Å². The van der Waals surface area contributed by atoms with Crippen molar-refractivity contribution in [2.75, 3.05) is 32.7 Å². The molecule has 8 heteroatoms. The molecule has 2 aromatic carbocycles. The highest BCUT2D eigenvalue weighted by Gasteiger charge is 2.30. The maximum Gasteiger partial charge on any atom is 0.317 e. The molecule has 1 aliphatic rings. The Morgan fingerprint density at radius 1 is 1.03 bits per heavy atom. The van der Waals surface area contributed by atoms with Gasteiger partial charge in [0, 0.05) is 43.1 Å². The third kappa shape index (κ3) is 5.38. The largest absolute Gasteiger partial charge is 0.337 e. The molecule has 1 fully saturated rings. The lowest BCUT2D eigenvalue weighted by atomic mass is 9.97. The molecule has 0 spiro atoms. The molecule has 29 heavy (non-hydrogen) atoms. The van der Waals surface area contributed by atoms with Gasteiger partial charge < -0.3 is 10.2 Å². The molecule has 2 amide bonds. The molecule has 1 heterocycles. The molecule has 3 rings (SSSR count). The smallest absolute Gasteiger partial charge is 0.317 e. The highest BCUT2D eigenvalue weighted by atomic mass is 79.9. The number of halogens is 1. The summed E-state index contributed by atoms with van der Waals surface area (Å²) in [6.07, 6.45) is 0.934. The molecule has 1 N–H and O–H groups in total. The summed E-state index contributed by atoms with van der Waals surface area (Å²) in [6, 6.07) is 16.6. The third-order valence-electron chi connectivity index (χ3n) is 5.24. The van der Waals surface area contributed by atoms with Crippen molar-refractivity contribution in [2.45, 2.75) is 24.2 Å². The van der Waals surface area contributed by atoms with Gasteiger partial charge in [0.15, 0.2) is 0 Å². The molecule has 0 bridgehead atoms. The number of piperazine rings is 1. The summed E-state index contributed by atoms with van der Waals surface area (Å²) in [6.45, 7) is 4.02. The van der Waals surface area contributed by atoms with E-state index in [0.29, 0.717) is 32.7 Å². The Morgan fingerprint density at radius 3 is 2.24 bits per heavy atom. The number of hydrogen-bond donors (Lipinski definition) is 1. The Morgan fingerprint density at radius 2 is 1.66 bits per heavy atom. The van der Waals surface area contributed by atoms with Crippen LogP contribution >= 0.6 is 15.9 Å². The van der Waals surface area contributed by atoms with Crippen LogP contribution in [-0.2, 0) is 10.0 Å². The van der Waals surface area contributed by atoms with E-state index in [2.05, 4.69) is 40.3 Å². The highest BCUT2D eigenvalue weighted by Crippen LogP contribution is 2.21. The molecular formula is C21H26BrN3O3S. The number of benzene rings is 2. The SMILES string of the molecule is CC[C@H](CNC(=O)N1CCN(S(=O)(=O)c2ccc(Br)cc2)CC1)c1ccccc1. The Kier molecular flexibility index (Phi) is 7.32. The Balaban J connectivity index is 1.53. The molecule has 6 nitrogen and oxygen atoms in total. The predicted octanol–water partition coefficient (Wildman–Crippen LogP) is 3.66. The molecule has 1 atom stereocenters. The first kappa shape index (κ1) is 21.8. The van der Waals surface area contributed by atoms with E-state index in [1.165, 1.54) is 9.87 Å². The minimum atomic E-state index is -3.54. The second kappa shape index (κ2) is 9.73. The van der Waals surface area contributed by atoms with E-state index in [1.807, 2.05) is 18.2 Å². The molecule has 0 aromatic heterocycles. The van der Waals surface area contributed by atoms with Gasteiger partial charge in [0.2, 0.25) is 10.0 Å². The van der Waals surface area contributed by atoms with Crippen LogP contribution in [0.15, 0.2) is 64.0 Å². The van der Waals surface area contributed by atoms with Crippen LogP contribution in [0.25, 0.3) is 0 Å². The molecule has 0 unspecified atom stereocenters. The summed E-state index contributed by atoms with van der Waals surface area (Å²) in [5, 5.41) is 3.01. The number of rotatable bonds is 6. The van der Waals surface area contributed by atoms with Gasteiger partial charge in [-0.15, -0.1) is 0 Å². The van der Waals surface area contributed by atoms with Crippen LogP contribution < -0.4 is 5.32 Å². The zero-order valence-corrected chi connectivity index (χ0v) is 18.8.